The largest absolute Gasteiger partial charge is 0.371 e. The molecule has 7 rings (SSSR count). The maximum Gasteiger partial charge on any atom is 0.323 e. The number of halogens is 2. The van der Waals surface area contributed by atoms with Crippen molar-refractivity contribution < 1.29 is 9.18 Å². The van der Waals surface area contributed by atoms with E-state index in [0.717, 1.165) is 52.7 Å². The number of urea groups is 1. The molecular formula is C33H27BrFN7O2. The van der Waals surface area contributed by atoms with Crippen molar-refractivity contribution in [3.8, 4) is 11.4 Å². The molecule has 0 spiro atoms. The zero-order valence-electron chi connectivity index (χ0n) is 23.5. The second-order valence-corrected chi connectivity index (χ2v) is 11.6. The molecule has 2 aromatic heterocycles. The molecule has 1 fully saturated rings. The summed E-state index contributed by atoms with van der Waals surface area (Å²) in [5.41, 5.74) is 4.35. The third kappa shape index (κ3) is 5.30. The summed E-state index contributed by atoms with van der Waals surface area (Å²) in [5.74, 6) is 0.690. The van der Waals surface area contributed by atoms with Gasteiger partial charge in [0.15, 0.2) is 5.82 Å². The van der Waals surface area contributed by atoms with Gasteiger partial charge in [0.2, 0.25) is 5.78 Å². The molecule has 0 saturated carbocycles. The van der Waals surface area contributed by atoms with Gasteiger partial charge in [0.1, 0.15) is 5.82 Å². The van der Waals surface area contributed by atoms with Gasteiger partial charge in [-0.2, -0.15) is 0 Å². The maximum absolute atomic E-state index is 13.9. The summed E-state index contributed by atoms with van der Waals surface area (Å²) >= 11 is 3.64. The predicted molar refractivity (Wildman–Crippen MR) is 174 cm³/mol. The van der Waals surface area contributed by atoms with E-state index < -0.39 is 6.03 Å². The van der Waals surface area contributed by atoms with Crippen molar-refractivity contribution >= 4 is 55.7 Å². The first kappa shape index (κ1) is 27.8. The molecule has 0 bridgehead atoms. The molecule has 0 unspecified atom stereocenters. The highest BCUT2D eigenvalue weighted by molar-refractivity contribution is 9.10. The summed E-state index contributed by atoms with van der Waals surface area (Å²) in [6.07, 6.45) is 2.28. The van der Waals surface area contributed by atoms with Crippen LogP contribution in [0.1, 0.15) is 18.4 Å². The van der Waals surface area contributed by atoms with Crippen LogP contribution in [0.3, 0.4) is 0 Å². The molecule has 6 aromatic rings. The average molecular weight is 653 g/mol. The molecule has 3 heterocycles. The minimum atomic E-state index is -0.469. The van der Waals surface area contributed by atoms with Gasteiger partial charge in [0, 0.05) is 40.2 Å². The third-order valence-corrected chi connectivity index (χ3v) is 8.28. The topological polar surface area (TPSA) is 96.6 Å². The number of amides is 2. The van der Waals surface area contributed by atoms with E-state index in [9.17, 15) is 14.0 Å². The van der Waals surface area contributed by atoms with Crippen LogP contribution in [0.2, 0.25) is 0 Å². The number of nitrogens with one attached hydrogen (secondary N) is 2. The molecule has 220 valence electrons. The average Bonchev–Trinajstić information content (AvgIpc) is 3.72. The van der Waals surface area contributed by atoms with Crippen molar-refractivity contribution in [2.75, 3.05) is 28.6 Å². The number of hydrogen-bond acceptors (Lipinski definition) is 5. The number of nitrogens with zero attached hydrogens (tertiary/aromatic N) is 5. The van der Waals surface area contributed by atoms with Crippen LogP contribution in [0.4, 0.5) is 26.2 Å². The SMILES string of the molecule is O=C(Nc1ccc(F)cc1)Nc1cccc(Cn2c(=O)c3ccccc3n3c(-c4cc(Br)ccc4N4CCCC4)nnc23)c1. The number of fused-ring (bicyclic) bond motifs is 3. The Hall–Kier alpha value is -5.03. The molecule has 2 amide bonds. The van der Waals surface area contributed by atoms with Crippen LogP contribution in [0, 0.1) is 5.82 Å². The van der Waals surface area contributed by atoms with Crippen LogP contribution in [-0.2, 0) is 6.54 Å². The Balaban J connectivity index is 1.28. The number of carbonyl (C=O) groups is 1. The van der Waals surface area contributed by atoms with E-state index in [4.69, 9.17) is 0 Å². The van der Waals surface area contributed by atoms with E-state index in [-0.39, 0.29) is 17.9 Å². The zero-order chi connectivity index (χ0) is 30.2. The van der Waals surface area contributed by atoms with E-state index in [2.05, 4.69) is 53.8 Å². The predicted octanol–water partition coefficient (Wildman–Crippen LogP) is 6.91. The quantitative estimate of drug-likeness (QED) is 0.204. The molecule has 11 heteroatoms. The standard InChI is InChI=1S/C33H27BrFN7O2/c34-22-10-15-28(40-16-3-4-17-40)27(19-22)30-38-39-33-41(31(43)26-8-1-2-9-29(26)42(30)33)20-21-6-5-7-25(18-21)37-32(44)36-24-13-11-23(35)12-14-24/h1-2,5-15,18-19H,3-4,16-17,20H2,(H2,36,37,44). The number of carbonyl (C=O) groups excluding carboxylic acids is 1. The molecule has 1 aliphatic heterocycles. The van der Waals surface area contributed by atoms with E-state index in [1.165, 1.54) is 24.3 Å². The Morgan fingerprint density at radius 1 is 0.864 bits per heavy atom. The van der Waals surface area contributed by atoms with Crippen molar-refractivity contribution in [2.24, 2.45) is 0 Å². The molecule has 0 radical (unpaired) electrons. The van der Waals surface area contributed by atoms with Crippen molar-refractivity contribution in [2.45, 2.75) is 19.4 Å². The van der Waals surface area contributed by atoms with E-state index >= 15 is 0 Å². The lowest BCUT2D eigenvalue weighted by atomic mass is 10.1. The van der Waals surface area contributed by atoms with Gasteiger partial charge in [-0.1, -0.05) is 40.2 Å². The van der Waals surface area contributed by atoms with Gasteiger partial charge in [-0.15, -0.1) is 10.2 Å². The molecule has 1 aliphatic rings. The second-order valence-electron chi connectivity index (χ2n) is 10.7. The lowest BCUT2D eigenvalue weighted by Gasteiger charge is -2.21. The number of benzene rings is 4. The zero-order valence-corrected chi connectivity index (χ0v) is 25.1. The first-order valence-electron chi connectivity index (χ1n) is 14.3. The monoisotopic (exact) mass is 651 g/mol. The number of anilines is 3. The van der Waals surface area contributed by atoms with Gasteiger partial charge in [-0.3, -0.25) is 13.8 Å². The van der Waals surface area contributed by atoms with E-state index in [1.54, 1.807) is 16.7 Å². The normalized spacial score (nSPS) is 13.1. The van der Waals surface area contributed by atoms with Gasteiger partial charge in [0.25, 0.3) is 5.56 Å². The Morgan fingerprint density at radius 2 is 1.64 bits per heavy atom. The van der Waals surface area contributed by atoms with Gasteiger partial charge >= 0.3 is 6.03 Å². The highest BCUT2D eigenvalue weighted by atomic mass is 79.9. The molecular weight excluding hydrogens is 625 g/mol. The van der Waals surface area contributed by atoms with E-state index in [1.807, 2.05) is 46.9 Å². The molecule has 1 saturated heterocycles. The first-order valence-corrected chi connectivity index (χ1v) is 15.1. The van der Waals surface area contributed by atoms with Crippen molar-refractivity contribution in [1.82, 2.24) is 19.2 Å². The molecule has 0 aliphatic carbocycles. The van der Waals surface area contributed by atoms with Crippen LogP contribution in [0.5, 0.6) is 0 Å². The molecule has 2 N–H and O–H groups in total. The molecule has 4 aromatic carbocycles. The third-order valence-electron chi connectivity index (χ3n) is 7.78. The summed E-state index contributed by atoms with van der Waals surface area (Å²) in [7, 11) is 0. The number of aromatic nitrogens is 4. The fourth-order valence-electron chi connectivity index (χ4n) is 5.75. The summed E-state index contributed by atoms with van der Waals surface area (Å²) in [6, 6.07) is 26.0. The van der Waals surface area contributed by atoms with Crippen molar-refractivity contribution in [3.63, 3.8) is 0 Å². The van der Waals surface area contributed by atoms with Crippen molar-refractivity contribution in [3.05, 3.63) is 117 Å². The summed E-state index contributed by atoms with van der Waals surface area (Å²) in [6.45, 7) is 2.16. The molecule has 0 atom stereocenters. The van der Waals surface area contributed by atoms with Crippen LogP contribution in [-0.4, -0.2) is 38.3 Å². The van der Waals surface area contributed by atoms with Gasteiger partial charge in [0.05, 0.1) is 17.4 Å². The smallest absolute Gasteiger partial charge is 0.323 e. The lowest BCUT2D eigenvalue weighted by molar-refractivity contribution is 0.262. The fourth-order valence-corrected chi connectivity index (χ4v) is 6.11. The highest BCUT2D eigenvalue weighted by Gasteiger charge is 2.23. The van der Waals surface area contributed by atoms with Crippen LogP contribution in [0.25, 0.3) is 28.1 Å². The Morgan fingerprint density at radius 3 is 2.45 bits per heavy atom. The maximum atomic E-state index is 13.9. The summed E-state index contributed by atoms with van der Waals surface area (Å²) < 4.78 is 17.7. The lowest BCUT2D eigenvalue weighted by Crippen LogP contribution is -2.24. The Bertz CT molecular complexity index is 2090. The molecule has 44 heavy (non-hydrogen) atoms. The summed E-state index contributed by atoms with van der Waals surface area (Å²) in [5, 5.41) is 15.2. The van der Waals surface area contributed by atoms with Crippen LogP contribution < -0.4 is 21.1 Å². The minimum Gasteiger partial charge on any atom is -0.371 e. The highest BCUT2D eigenvalue weighted by Crippen LogP contribution is 2.35. The number of para-hydroxylation sites is 1. The first-order chi connectivity index (χ1) is 21.4. The van der Waals surface area contributed by atoms with Crippen LogP contribution >= 0.6 is 15.9 Å². The second kappa shape index (κ2) is 11.6. The van der Waals surface area contributed by atoms with Crippen molar-refractivity contribution in [1.29, 1.82) is 0 Å². The van der Waals surface area contributed by atoms with Crippen LogP contribution in [0.15, 0.2) is 100 Å². The number of rotatable bonds is 6. The van der Waals surface area contributed by atoms with Gasteiger partial charge < -0.3 is 15.5 Å². The van der Waals surface area contributed by atoms with Gasteiger partial charge in [-0.25, -0.2) is 9.18 Å². The van der Waals surface area contributed by atoms with Gasteiger partial charge in [-0.05, 0) is 85.1 Å². The summed E-state index contributed by atoms with van der Waals surface area (Å²) in [4.78, 5) is 28.8. The Kier molecular flexibility index (Phi) is 7.31. The fraction of sp³-hybridized carbons (Fsp3) is 0.152. The number of hydrogen-bond donors (Lipinski definition) is 2. The minimum absolute atomic E-state index is 0.187. The Labute approximate surface area is 260 Å². The molecule has 9 nitrogen and oxygen atoms in total. The van der Waals surface area contributed by atoms with E-state index in [0.29, 0.717) is 28.4 Å².